The van der Waals surface area contributed by atoms with Crippen LogP contribution in [0, 0.1) is 0 Å². The van der Waals surface area contributed by atoms with Crippen LogP contribution in [-0.2, 0) is 11.3 Å². The van der Waals surface area contributed by atoms with Gasteiger partial charge in [0, 0.05) is 5.56 Å². The summed E-state index contributed by atoms with van der Waals surface area (Å²) >= 11 is 0. The monoisotopic (exact) mass is 363 g/mol. The van der Waals surface area contributed by atoms with Gasteiger partial charge in [-0.25, -0.2) is 9.36 Å². The molecule has 0 saturated carbocycles. The maximum absolute atomic E-state index is 12.6. The van der Waals surface area contributed by atoms with Crippen molar-refractivity contribution in [1.29, 1.82) is 0 Å². The van der Waals surface area contributed by atoms with E-state index in [4.69, 9.17) is 9.84 Å². The molecule has 3 N–H and O–H groups in total. The summed E-state index contributed by atoms with van der Waals surface area (Å²) in [6.45, 7) is -1.09. The Morgan fingerprint density at radius 3 is 2.46 bits per heavy atom. The highest BCUT2D eigenvalue weighted by Crippen LogP contribution is 2.27. The van der Waals surface area contributed by atoms with Crippen molar-refractivity contribution in [3.8, 4) is 0 Å². The first-order valence-corrected chi connectivity index (χ1v) is 7.83. The van der Waals surface area contributed by atoms with E-state index in [1.165, 1.54) is 0 Å². The zero-order valence-electron chi connectivity index (χ0n) is 13.5. The summed E-state index contributed by atoms with van der Waals surface area (Å²) in [5, 5.41) is 32.6. The number of benzene rings is 1. The molecule has 0 aliphatic carbocycles. The summed E-state index contributed by atoms with van der Waals surface area (Å²) in [5.41, 5.74) is -1.44. The van der Waals surface area contributed by atoms with Crippen LogP contribution < -0.4 is 11.2 Å². The van der Waals surface area contributed by atoms with Crippen molar-refractivity contribution < 1.29 is 24.9 Å². The standard InChI is InChI=1S/C16H17N3O7/c20-8-11-13(23)14(24)15(26-11)19-16(25)18(12(22)6-17-19)7-10(21)9-4-2-1-3-5-9/h1-6,11,13-15,20,23-24H,7-8H2/t11-,13-,14-,15-/m1/s1. The molecule has 1 saturated heterocycles. The lowest BCUT2D eigenvalue weighted by molar-refractivity contribution is -0.0624. The molecule has 0 radical (unpaired) electrons. The van der Waals surface area contributed by atoms with Crippen LogP contribution in [0.1, 0.15) is 16.6 Å². The molecule has 10 heteroatoms. The van der Waals surface area contributed by atoms with Crippen LogP contribution in [0.15, 0.2) is 46.1 Å². The Bertz CT molecular complexity index is 908. The number of aliphatic hydroxyl groups is 3. The van der Waals surface area contributed by atoms with E-state index in [0.717, 1.165) is 6.20 Å². The number of ether oxygens (including phenoxy) is 1. The molecule has 138 valence electrons. The Morgan fingerprint density at radius 1 is 1.15 bits per heavy atom. The first kappa shape index (κ1) is 18.1. The van der Waals surface area contributed by atoms with Crippen LogP contribution in [-0.4, -0.2) is 60.4 Å². The molecule has 4 atom stereocenters. The predicted octanol–water partition coefficient (Wildman–Crippen LogP) is -2.10. The van der Waals surface area contributed by atoms with E-state index in [-0.39, 0.29) is 0 Å². The molecule has 2 aromatic rings. The van der Waals surface area contributed by atoms with E-state index in [0.29, 0.717) is 14.8 Å². The van der Waals surface area contributed by atoms with Gasteiger partial charge in [0.25, 0.3) is 5.56 Å². The third kappa shape index (κ3) is 3.22. The number of rotatable bonds is 5. The Kier molecular flexibility index (Phi) is 5.09. The minimum Gasteiger partial charge on any atom is -0.394 e. The lowest BCUT2D eigenvalue weighted by atomic mass is 10.1. The lowest BCUT2D eigenvalue weighted by Gasteiger charge is -2.17. The van der Waals surface area contributed by atoms with Crippen molar-refractivity contribution in [1.82, 2.24) is 14.3 Å². The number of hydrogen-bond acceptors (Lipinski definition) is 8. The number of nitrogens with zero attached hydrogens (tertiary/aromatic N) is 3. The second-order valence-corrected chi connectivity index (χ2v) is 5.81. The largest absolute Gasteiger partial charge is 0.394 e. The molecule has 0 unspecified atom stereocenters. The molecule has 3 rings (SSSR count). The SMILES string of the molecule is O=C(Cn1c(=O)cnn([C@@H]2O[C@H](CO)[C@@H](O)[C@H]2O)c1=O)c1ccccc1. The van der Waals surface area contributed by atoms with Gasteiger partial charge in [-0.15, -0.1) is 0 Å². The third-order valence-corrected chi connectivity index (χ3v) is 4.14. The van der Waals surface area contributed by atoms with Crippen molar-refractivity contribution in [2.75, 3.05) is 6.61 Å². The predicted molar refractivity (Wildman–Crippen MR) is 86.5 cm³/mol. The molecule has 2 heterocycles. The first-order chi connectivity index (χ1) is 12.4. The van der Waals surface area contributed by atoms with Crippen LogP contribution in [0.2, 0.25) is 0 Å². The highest BCUT2D eigenvalue weighted by molar-refractivity contribution is 5.95. The summed E-state index contributed by atoms with van der Waals surface area (Å²) in [5.74, 6) is -0.455. The molecule has 1 aromatic heterocycles. The number of hydrogen-bond donors (Lipinski definition) is 3. The third-order valence-electron chi connectivity index (χ3n) is 4.14. The fourth-order valence-electron chi connectivity index (χ4n) is 2.71. The molecule has 0 amide bonds. The topological polar surface area (TPSA) is 144 Å². The van der Waals surface area contributed by atoms with Crippen LogP contribution in [0.5, 0.6) is 0 Å². The second-order valence-electron chi connectivity index (χ2n) is 5.81. The number of aliphatic hydroxyl groups excluding tert-OH is 3. The summed E-state index contributed by atoms with van der Waals surface area (Å²) in [6, 6.07) is 8.14. The molecule has 10 nitrogen and oxygen atoms in total. The van der Waals surface area contributed by atoms with Gasteiger partial charge in [0.2, 0.25) is 0 Å². The van der Waals surface area contributed by atoms with Crippen molar-refractivity contribution >= 4 is 5.78 Å². The minimum absolute atomic E-state index is 0.329. The van der Waals surface area contributed by atoms with E-state index in [1.807, 2.05) is 0 Å². The number of carbonyl (C=O) groups is 1. The number of aromatic nitrogens is 3. The van der Waals surface area contributed by atoms with Crippen molar-refractivity contribution in [2.24, 2.45) is 0 Å². The van der Waals surface area contributed by atoms with Gasteiger partial charge in [-0.2, -0.15) is 9.78 Å². The molecular weight excluding hydrogens is 346 g/mol. The van der Waals surface area contributed by atoms with Gasteiger partial charge < -0.3 is 20.1 Å². The fourth-order valence-corrected chi connectivity index (χ4v) is 2.71. The molecule has 1 aliphatic heterocycles. The minimum atomic E-state index is -1.53. The quantitative estimate of drug-likeness (QED) is 0.513. The highest BCUT2D eigenvalue weighted by atomic mass is 16.6. The molecule has 1 aliphatic rings. The van der Waals surface area contributed by atoms with Gasteiger partial charge in [-0.1, -0.05) is 30.3 Å². The van der Waals surface area contributed by atoms with Crippen molar-refractivity contribution in [2.45, 2.75) is 31.1 Å². The second kappa shape index (κ2) is 7.30. The Labute approximate surface area is 146 Å². The zero-order chi connectivity index (χ0) is 18.8. The summed E-state index contributed by atoms with van der Waals surface area (Å²) < 4.78 is 6.57. The highest BCUT2D eigenvalue weighted by Gasteiger charge is 2.44. The Morgan fingerprint density at radius 2 is 1.85 bits per heavy atom. The van der Waals surface area contributed by atoms with Crippen LogP contribution in [0.25, 0.3) is 0 Å². The zero-order valence-corrected chi connectivity index (χ0v) is 13.5. The van der Waals surface area contributed by atoms with Crippen LogP contribution in [0.3, 0.4) is 0 Å². The smallest absolute Gasteiger partial charge is 0.350 e. The van der Waals surface area contributed by atoms with E-state index in [2.05, 4.69) is 5.10 Å². The van der Waals surface area contributed by atoms with Gasteiger partial charge in [0.15, 0.2) is 12.0 Å². The normalized spacial score (nSPS) is 25.3. The number of Topliss-reactive ketones (excluding diaryl/α,β-unsaturated/α-hetero) is 1. The van der Waals surface area contributed by atoms with Gasteiger partial charge in [0.05, 0.1) is 13.2 Å². The van der Waals surface area contributed by atoms with Crippen molar-refractivity contribution in [3.63, 3.8) is 0 Å². The molecule has 0 bridgehead atoms. The van der Waals surface area contributed by atoms with Crippen molar-refractivity contribution in [3.05, 3.63) is 62.9 Å². The maximum Gasteiger partial charge on any atom is 0.350 e. The fraction of sp³-hybridized carbons (Fsp3) is 0.375. The van der Waals surface area contributed by atoms with E-state index < -0.39 is 54.7 Å². The van der Waals surface area contributed by atoms with Gasteiger partial charge in [-0.3, -0.25) is 9.59 Å². The van der Waals surface area contributed by atoms with Gasteiger partial charge in [0.1, 0.15) is 24.5 Å². The van der Waals surface area contributed by atoms with Gasteiger partial charge in [-0.05, 0) is 0 Å². The van der Waals surface area contributed by atoms with E-state index in [9.17, 15) is 24.6 Å². The van der Waals surface area contributed by atoms with Gasteiger partial charge >= 0.3 is 5.69 Å². The maximum atomic E-state index is 12.6. The Hall–Kier alpha value is -2.66. The average Bonchev–Trinajstić information content (AvgIpc) is 2.94. The number of ketones is 1. The first-order valence-electron chi connectivity index (χ1n) is 7.83. The van der Waals surface area contributed by atoms with E-state index in [1.54, 1.807) is 30.3 Å². The molecule has 0 spiro atoms. The summed E-state index contributed by atoms with van der Waals surface area (Å²) in [7, 11) is 0. The van der Waals surface area contributed by atoms with Crippen LogP contribution in [0.4, 0.5) is 0 Å². The lowest BCUT2D eigenvalue weighted by Crippen LogP contribution is -2.45. The molecular formula is C16H17N3O7. The summed E-state index contributed by atoms with van der Waals surface area (Å²) in [4.78, 5) is 36.8. The van der Waals surface area contributed by atoms with E-state index >= 15 is 0 Å². The molecule has 1 fully saturated rings. The number of carbonyl (C=O) groups excluding carboxylic acids is 1. The summed E-state index contributed by atoms with van der Waals surface area (Å²) in [6.07, 6.45) is -4.64. The Balaban J connectivity index is 1.94. The van der Waals surface area contributed by atoms with Crippen LogP contribution >= 0.6 is 0 Å². The molecule has 26 heavy (non-hydrogen) atoms. The average molecular weight is 363 g/mol. The molecule has 1 aromatic carbocycles.